The lowest BCUT2D eigenvalue weighted by Gasteiger charge is -2.38. The van der Waals surface area contributed by atoms with Crippen LogP contribution in [-0.2, 0) is 11.3 Å². The Morgan fingerprint density at radius 2 is 1.71 bits per heavy atom. The van der Waals surface area contributed by atoms with Crippen molar-refractivity contribution in [3.63, 3.8) is 0 Å². The van der Waals surface area contributed by atoms with Crippen molar-refractivity contribution in [3.8, 4) is 5.69 Å². The predicted octanol–water partition coefficient (Wildman–Crippen LogP) is 1.95. The summed E-state index contributed by atoms with van der Waals surface area (Å²) < 4.78 is 3.16. The molecule has 2 aliphatic heterocycles. The summed E-state index contributed by atoms with van der Waals surface area (Å²) in [6.45, 7) is 3.40. The highest BCUT2D eigenvalue weighted by atomic mass is 16.3. The van der Waals surface area contributed by atoms with Crippen molar-refractivity contribution < 1.29 is 9.90 Å². The minimum Gasteiger partial charge on any atom is -0.388 e. The third-order valence-electron chi connectivity index (χ3n) is 7.52. The summed E-state index contributed by atoms with van der Waals surface area (Å²) in [5, 5.41) is 16.0. The molecule has 0 radical (unpaired) electrons. The van der Waals surface area contributed by atoms with E-state index < -0.39 is 5.60 Å². The zero-order valence-electron chi connectivity index (χ0n) is 19.3. The highest BCUT2D eigenvalue weighted by molar-refractivity contribution is 5.81. The monoisotopic (exact) mass is 462 g/mol. The number of aromatic nitrogens is 4. The van der Waals surface area contributed by atoms with E-state index in [1.807, 2.05) is 17.0 Å². The maximum Gasteiger partial charge on any atom is 0.264 e. The Bertz CT molecular complexity index is 1260. The molecule has 0 bridgehead atoms. The molecule has 2 saturated heterocycles. The van der Waals surface area contributed by atoms with Gasteiger partial charge in [0.25, 0.3) is 5.56 Å². The number of fused-ring (bicyclic) bond motifs is 1. The topological polar surface area (TPSA) is 96.5 Å². The van der Waals surface area contributed by atoms with Crippen LogP contribution in [0.5, 0.6) is 0 Å². The summed E-state index contributed by atoms with van der Waals surface area (Å²) in [4.78, 5) is 34.2. The van der Waals surface area contributed by atoms with Gasteiger partial charge in [0.2, 0.25) is 5.91 Å². The van der Waals surface area contributed by atoms with Crippen molar-refractivity contribution in [2.75, 3.05) is 31.1 Å². The van der Waals surface area contributed by atoms with E-state index in [0.717, 1.165) is 31.6 Å². The Kier molecular flexibility index (Phi) is 5.17. The molecule has 34 heavy (non-hydrogen) atoms. The zero-order valence-corrected chi connectivity index (χ0v) is 19.3. The molecule has 178 valence electrons. The molecule has 6 rings (SSSR count). The quantitative estimate of drug-likeness (QED) is 0.623. The minimum absolute atomic E-state index is 0.163. The van der Waals surface area contributed by atoms with E-state index in [2.05, 4.69) is 27.1 Å². The van der Waals surface area contributed by atoms with Crippen molar-refractivity contribution in [2.45, 2.75) is 50.7 Å². The fourth-order valence-corrected chi connectivity index (χ4v) is 5.24. The summed E-state index contributed by atoms with van der Waals surface area (Å²) in [5.41, 5.74) is 1.32. The molecule has 9 nitrogen and oxygen atoms in total. The largest absolute Gasteiger partial charge is 0.388 e. The normalized spacial score (nSPS) is 20.3. The molecule has 3 fully saturated rings. The van der Waals surface area contributed by atoms with Crippen LogP contribution in [0, 0.1) is 5.92 Å². The van der Waals surface area contributed by atoms with E-state index in [1.54, 1.807) is 10.9 Å². The Labute approximate surface area is 197 Å². The molecular weight excluding hydrogens is 432 g/mol. The maximum atomic E-state index is 13.2. The van der Waals surface area contributed by atoms with Crippen molar-refractivity contribution in [1.29, 1.82) is 0 Å². The average Bonchev–Trinajstić information content (AvgIpc) is 3.37. The first kappa shape index (κ1) is 21.3. The molecule has 0 unspecified atom stereocenters. The molecule has 1 N–H and O–H groups in total. The zero-order chi connectivity index (χ0) is 23.3. The predicted molar refractivity (Wildman–Crippen MR) is 128 cm³/mol. The van der Waals surface area contributed by atoms with Crippen molar-refractivity contribution in [1.82, 2.24) is 24.2 Å². The Morgan fingerprint density at radius 1 is 1.03 bits per heavy atom. The van der Waals surface area contributed by atoms with Crippen LogP contribution in [0.4, 0.5) is 5.69 Å². The van der Waals surface area contributed by atoms with Gasteiger partial charge in [-0.05, 0) is 62.8 Å². The Morgan fingerprint density at radius 3 is 2.38 bits per heavy atom. The number of anilines is 1. The van der Waals surface area contributed by atoms with Gasteiger partial charge < -0.3 is 14.9 Å². The summed E-state index contributed by atoms with van der Waals surface area (Å²) in [5.74, 6) is 0.400. The molecular formula is C25H30N6O3. The second-order valence-electron chi connectivity index (χ2n) is 10.0. The van der Waals surface area contributed by atoms with Crippen LogP contribution in [0.25, 0.3) is 16.7 Å². The van der Waals surface area contributed by atoms with E-state index in [4.69, 9.17) is 0 Å². The van der Waals surface area contributed by atoms with Gasteiger partial charge in [-0.15, -0.1) is 0 Å². The summed E-state index contributed by atoms with van der Waals surface area (Å²) in [6, 6.07) is 8.19. The number of hydrogen-bond acceptors (Lipinski definition) is 6. The van der Waals surface area contributed by atoms with Gasteiger partial charge in [0.05, 0.1) is 24.0 Å². The first-order valence-electron chi connectivity index (χ1n) is 12.3. The number of carbonyl (C=O) groups excluding carboxylic acids is 1. The van der Waals surface area contributed by atoms with Crippen molar-refractivity contribution >= 4 is 22.6 Å². The van der Waals surface area contributed by atoms with Gasteiger partial charge in [0, 0.05) is 37.8 Å². The fourth-order valence-electron chi connectivity index (χ4n) is 5.24. The lowest BCUT2D eigenvalue weighted by molar-refractivity contribution is -0.137. The molecule has 0 spiro atoms. The van der Waals surface area contributed by atoms with Crippen LogP contribution in [0.1, 0.15) is 38.5 Å². The van der Waals surface area contributed by atoms with E-state index in [0.29, 0.717) is 37.0 Å². The minimum atomic E-state index is -1.03. The van der Waals surface area contributed by atoms with Crippen LogP contribution < -0.4 is 10.5 Å². The highest BCUT2D eigenvalue weighted by Gasteiger charge is 2.39. The first-order valence-corrected chi connectivity index (χ1v) is 12.3. The van der Waals surface area contributed by atoms with Gasteiger partial charge in [-0.25, -0.2) is 9.67 Å². The highest BCUT2D eigenvalue weighted by Crippen LogP contribution is 2.33. The Hall–Kier alpha value is -3.20. The summed E-state index contributed by atoms with van der Waals surface area (Å²) in [7, 11) is 0. The third kappa shape index (κ3) is 3.87. The second-order valence-corrected chi connectivity index (χ2v) is 10.0. The number of likely N-dealkylation sites (tertiary alicyclic amines) is 1. The van der Waals surface area contributed by atoms with Crippen LogP contribution in [-0.4, -0.2) is 67.0 Å². The average molecular weight is 463 g/mol. The molecule has 9 heteroatoms. The standard InChI is InChI=1S/C25H30N6O3/c32-23(18-3-4-18)29-13-9-25(34,10-14-29)16-30-17-26-22-21(24(30)33)15-27-31(22)20-7-5-19(6-8-20)28-11-1-2-12-28/h5-8,15,17-18,34H,1-4,9-14,16H2. The molecule has 1 amide bonds. The second kappa shape index (κ2) is 8.23. The number of nitrogens with zero attached hydrogens (tertiary/aromatic N) is 6. The van der Waals surface area contributed by atoms with Crippen LogP contribution in [0.15, 0.2) is 41.6 Å². The lowest BCUT2D eigenvalue weighted by Crippen LogP contribution is -2.50. The van der Waals surface area contributed by atoms with Gasteiger partial charge in [0.15, 0.2) is 5.65 Å². The van der Waals surface area contributed by atoms with Gasteiger partial charge in [-0.3, -0.25) is 14.2 Å². The van der Waals surface area contributed by atoms with Crippen molar-refractivity contribution in [3.05, 3.63) is 47.1 Å². The van der Waals surface area contributed by atoms with Crippen LogP contribution in [0.2, 0.25) is 0 Å². The van der Waals surface area contributed by atoms with Gasteiger partial charge in [0.1, 0.15) is 11.7 Å². The maximum absolute atomic E-state index is 13.2. The number of benzene rings is 1. The van der Waals surface area contributed by atoms with E-state index in [-0.39, 0.29) is 23.9 Å². The number of amides is 1. The number of aliphatic hydroxyl groups is 1. The molecule has 2 aromatic heterocycles. The van der Waals surface area contributed by atoms with Gasteiger partial charge >= 0.3 is 0 Å². The number of piperidine rings is 1. The third-order valence-corrected chi connectivity index (χ3v) is 7.52. The van der Waals surface area contributed by atoms with Crippen LogP contribution in [0.3, 0.4) is 0 Å². The lowest BCUT2D eigenvalue weighted by atomic mass is 9.91. The number of carbonyl (C=O) groups is 1. The molecule has 0 atom stereocenters. The molecule has 3 aliphatic rings. The molecule has 4 heterocycles. The number of hydrogen-bond donors (Lipinski definition) is 1. The van der Waals surface area contributed by atoms with E-state index in [1.165, 1.54) is 29.4 Å². The molecule has 3 aromatic rings. The first-order chi connectivity index (χ1) is 16.5. The van der Waals surface area contributed by atoms with Gasteiger partial charge in [-0.1, -0.05) is 0 Å². The van der Waals surface area contributed by atoms with Gasteiger partial charge in [-0.2, -0.15) is 5.10 Å². The van der Waals surface area contributed by atoms with Crippen LogP contribution >= 0.6 is 0 Å². The smallest absolute Gasteiger partial charge is 0.264 e. The SMILES string of the molecule is O=C(C1CC1)N1CCC(O)(Cn2cnc3c(cnn3-c3ccc(N4CCCC4)cc3)c2=O)CC1. The fraction of sp³-hybridized carbons (Fsp3) is 0.520. The summed E-state index contributed by atoms with van der Waals surface area (Å²) in [6.07, 6.45) is 8.39. The van der Waals surface area contributed by atoms with Crippen molar-refractivity contribution in [2.24, 2.45) is 5.92 Å². The molecule has 1 aliphatic carbocycles. The summed E-state index contributed by atoms with van der Waals surface area (Å²) >= 11 is 0. The molecule has 1 aromatic carbocycles. The number of rotatable bonds is 5. The molecule has 1 saturated carbocycles. The van der Waals surface area contributed by atoms with E-state index in [9.17, 15) is 14.7 Å². The van der Waals surface area contributed by atoms with E-state index >= 15 is 0 Å². The Balaban J connectivity index is 1.20.